The number of hydrogen-bond acceptors (Lipinski definition) is 3. The molecule has 1 aromatic heterocycles. The molecule has 4 nitrogen and oxygen atoms in total. The summed E-state index contributed by atoms with van der Waals surface area (Å²) in [6.07, 6.45) is 0. The number of oxime groups is 1. The van der Waals surface area contributed by atoms with Crippen molar-refractivity contribution in [1.82, 2.24) is 9.78 Å². The van der Waals surface area contributed by atoms with Gasteiger partial charge in [-0.15, -0.1) is 0 Å². The average Bonchev–Trinajstić information content (AvgIpc) is 2.26. The third-order valence-corrected chi connectivity index (χ3v) is 2.14. The lowest BCUT2D eigenvalue weighted by molar-refractivity contribution is 0.321. The van der Waals surface area contributed by atoms with Crippen molar-refractivity contribution >= 4 is 28.4 Å². The quantitative estimate of drug-likeness (QED) is 0.434. The Bertz CT molecular complexity index is 332. The van der Waals surface area contributed by atoms with Crippen LogP contribution in [0.5, 0.6) is 0 Å². The average molecular weight is 208 g/mol. The van der Waals surface area contributed by atoms with Gasteiger partial charge in [0.15, 0.2) is 5.17 Å². The Balaban J connectivity index is 3.32. The maximum absolute atomic E-state index is 8.41. The van der Waals surface area contributed by atoms with Crippen LogP contribution in [0, 0.1) is 6.92 Å². The van der Waals surface area contributed by atoms with E-state index in [1.165, 1.54) is 4.68 Å². The van der Waals surface area contributed by atoms with E-state index < -0.39 is 0 Å². The summed E-state index contributed by atoms with van der Waals surface area (Å²) in [5.74, 6) is 0. The summed E-state index contributed by atoms with van der Waals surface area (Å²) in [5, 5.41) is 15.5. The van der Waals surface area contributed by atoms with E-state index in [0.29, 0.717) is 16.4 Å². The molecule has 0 aliphatic heterocycles. The monoisotopic (exact) mass is 207 g/mol. The molecule has 66 valence electrons. The number of rotatable bonds is 1. The molecule has 0 saturated heterocycles. The smallest absolute Gasteiger partial charge is 0.180 e. The number of halogens is 2. The van der Waals surface area contributed by atoms with Crippen molar-refractivity contribution in [2.45, 2.75) is 6.92 Å². The standard InChI is InChI=1S/C6H7Cl2N3O/c1-3-4(5(7)10-12)6(8)11(2)9-3/h12H,1-2H3. The fourth-order valence-electron chi connectivity index (χ4n) is 0.914. The predicted molar refractivity (Wildman–Crippen MR) is 47.1 cm³/mol. The molecule has 1 rings (SSSR count). The van der Waals surface area contributed by atoms with Gasteiger partial charge in [-0.1, -0.05) is 28.4 Å². The topological polar surface area (TPSA) is 50.4 Å². The molecule has 12 heavy (non-hydrogen) atoms. The second-order valence-electron chi connectivity index (χ2n) is 2.27. The van der Waals surface area contributed by atoms with Gasteiger partial charge in [-0.3, -0.25) is 4.68 Å². The molecule has 0 bridgehead atoms. The third-order valence-electron chi connectivity index (χ3n) is 1.45. The van der Waals surface area contributed by atoms with Crippen molar-refractivity contribution in [3.05, 3.63) is 16.4 Å². The third kappa shape index (κ3) is 1.40. The Morgan fingerprint density at radius 1 is 1.67 bits per heavy atom. The van der Waals surface area contributed by atoms with Crippen LogP contribution in [0.1, 0.15) is 11.3 Å². The molecule has 1 aromatic rings. The van der Waals surface area contributed by atoms with Crippen molar-refractivity contribution in [3.8, 4) is 0 Å². The minimum absolute atomic E-state index is 0.0504. The summed E-state index contributed by atoms with van der Waals surface area (Å²) < 4.78 is 1.46. The Hall–Kier alpha value is -0.740. The molecule has 0 aromatic carbocycles. The molecule has 1 heterocycles. The lowest BCUT2D eigenvalue weighted by atomic mass is 10.3. The minimum atomic E-state index is -0.0504. The highest BCUT2D eigenvalue weighted by atomic mass is 35.5. The molecule has 0 fully saturated rings. The maximum Gasteiger partial charge on any atom is 0.180 e. The van der Waals surface area contributed by atoms with E-state index in [1.807, 2.05) is 0 Å². The number of aromatic nitrogens is 2. The highest BCUT2D eigenvalue weighted by Crippen LogP contribution is 2.20. The number of nitrogens with zero attached hydrogens (tertiary/aromatic N) is 3. The second-order valence-corrected chi connectivity index (χ2v) is 2.98. The van der Waals surface area contributed by atoms with Crippen LogP contribution in [0.4, 0.5) is 0 Å². The summed E-state index contributed by atoms with van der Waals surface area (Å²) in [6.45, 7) is 1.73. The molecular formula is C6H7Cl2N3O. The first-order valence-corrected chi connectivity index (χ1v) is 3.90. The zero-order valence-corrected chi connectivity index (χ0v) is 8.06. The van der Waals surface area contributed by atoms with E-state index in [2.05, 4.69) is 10.3 Å². The summed E-state index contributed by atoms with van der Waals surface area (Å²) in [5.41, 5.74) is 1.09. The van der Waals surface area contributed by atoms with Gasteiger partial charge in [0.2, 0.25) is 0 Å². The van der Waals surface area contributed by atoms with Crippen molar-refractivity contribution in [3.63, 3.8) is 0 Å². The van der Waals surface area contributed by atoms with Crippen molar-refractivity contribution in [2.75, 3.05) is 0 Å². The maximum atomic E-state index is 8.41. The molecule has 1 N–H and O–H groups in total. The highest BCUT2D eigenvalue weighted by Gasteiger charge is 2.15. The van der Waals surface area contributed by atoms with Gasteiger partial charge >= 0.3 is 0 Å². The largest absolute Gasteiger partial charge is 0.410 e. The van der Waals surface area contributed by atoms with Gasteiger partial charge in [-0.25, -0.2) is 0 Å². The second kappa shape index (κ2) is 3.33. The molecular weight excluding hydrogens is 201 g/mol. The van der Waals surface area contributed by atoms with E-state index in [4.69, 9.17) is 28.4 Å². The van der Waals surface area contributed by atoms with Gasteiger partial charge in [0.05, 0.1) is 11.3 Å². The van der Waals surface area contributed by atoms with Gasteiger partial charge in [-0.2, -0.15) is 5.10 Å². The summed E-state index contributed by atoms with van der Waals surface area (Å²) in [6, 6.07) is 0. The van der Waals surface area contributed by atoms with Crippen molar-refractivity contribution < 1.29 is 5.21 Å². The van der Waals surface area contributed by atoms with E-state index in [-0.39, 0.29) is 5.17 Å². The highest BCUT2D eigenvalue weighted by molar-refractivity contribution is 6.70. The Morgan fingerprint density at radius 2 is 2.25 bits per heavy atom. The molecule has 0 unspecified atom stereocenters. The molecule has 0 aliphatic carbocycles. The number of aryl methyl sites for hydroxylation is 2. The predicted octanol–water partition coefficient (Wildman–Crippen LogP) is 1.76. The van der Waals surface area contributed by atoms with Gasteiger partial charge in [-0.05, 0) is 6.92 Å². The SMILES string of the molecule is Cc1nn(C)c(Cl)c1C(Cl)=NO. The molecule has 0 radical (unpaired) electrons. The first kappa shape index (κ1) is 9.35. The van der Waals surface area contributed by atoms with Crippen LogP contribution in [0.2, 0.25) is 5.15 Å². The molecule has 0 saturated carbocycles. The van der Waals surface area contributed by atoms with Crippen LogP contribution in [0.25, 0.3) is 0 Å². The van der Waals surface area contributed by atoms with Crippen LogP contribution < -0.4 is 0 Å². The molecule has 0 aliphatic rings. The van der Waals surface area contributed by atoms with Crippen LogP contribution >= 0.6 is 23.2 Å². The van der Waals surface area contributed by atoms with E-state index in [0.717, 1.165) is 0 Å². The van der Waals surface area contributed by atoms with Crippen LogP contribution in [0.15, 0.2) is 5.16 Å². The lowest BCUT2D eigenvalue weighted by Gasteiger charge is -1.93. The number of hydrogen-bond donors (Lipinski definition) is 1. The summed E-state index contributed by atoms with van der Waals surface area (Å²) in [4.78, 5) is 0. The Morgan fingerprint density at radius 3 is 2.58 bits per heavy atom. The van der Waals surface area contributed by atoms with E-state index >= 15 is 0 Å². The van der Waals surface area contributed by atoms with Gasteiger partial charge in [0.25, 0.3) is 0 Å². The van der Waals surface area contributed by atoms with Crippen LogP contribution in [-0.4, -0.2) is 20.2 Å². The van der Waals surface area contributed by atoms with Crippen molar-refractivity contribution in [2.24, 2.45) is 12.2 Å². The summed E-state index contributed by atoms with van der Waals surface area (Å²) in [7, 11) is 1.68. The van der Waals surface area contributed by atoms with E-state index in [1.54, 1.807) is 14.0 Å². The minimum Gasteiger partial charge on any atom is -0.410 e. The summed E-state index contributed by atoms with van der Waals surface area (Å²) >= 11 is 11.4. The van der Waals surface area contributed by atoms with Crippen LogP contribution in [-0.2, 0) is 7.05 Å². The lowest BCUT2D eigenvalue weighted by Crippen LogP contribution is -1.93. The van der Waals surface area contributed by atoms with E-state index in [9.17, 15) is 0 Å². The van der Waals surface area contributed by atoms with Crippen LogP contribution in [0.3, 0.4) is 0 Å². The van der Waals surface area contributed by atoms with Crippen molar-refractivity contribution in [1.29, 1.82) is 0 Å². The normalized spacial score (nSPS) is 12.2. The Labute approximate surface area is 79.4 Å². The first-order chi connectivity index (χ1) is 5.57. The van der Waals surface area contributed by atoms with Gasteiger partial charge < -0.3 is 5.21 Å². The van der Waals surface area contributed by atoms with Gasteiger partial charge in [0, 0.05) is 7.05 Å². The first-order valence-electron chi connectivity index (χ1n) is 3.15. The zero-order valence-electron chi connectivity index (χ0n) is 6.54. The van der Waals surface area contributed by atoms with Gasteiger partial charge in [0.1, 0.15) is 5.15 Å². The molecule has 6 heteroatoms. The molecule has 0 spiro atoms. The molecule has 0 amide bonds. The zero-order chi connectivity index (χ0) is 9.30. The fraction of sp³-hybridized carbons (Fsp3) is 0.333. The Kier molecular flexibility index (Phi) is 2.59. The molecule has 0 atom stereocenters. The fourth-order valence-corrected chi connectivity index (χ4v) is 1.45.